The molecule has 3 nitrogen and oxygen atoms in total. The molecule has 1 aliphatic rings. The van der Waals surface area contributed by atoms with E-state index in [1.165, 1.54) is 5.56 Å². The van der Waals surface area contributed by atoms with Crippen LogP contribution >= 0.6 is 27.7 Å². The van der Waals surface area contributed by atoms with E-state index in [0.29, 0.717) is 6.79 Å². The molecule has 0 fully saturated rings. The van der Waals surface area contributed by atoms with Crippen molar-refractivity contribution in [3.63, 3.8) is 0 Å². The molecule has 0 atom stereocenters. The van der Waals surface area contributed by atoms with Gasteiger partial charge >= 0.3 is 0 Å². The predicted octanol–water partition coefficient (Wildman–Crippen LogP) is 4.05. The van der Waals surface area contributed by atoms with E-state index < -0.39 is 0 Å². The maximum Gasteiger partial charge on any atom is 0.231 e. The molecule has 3 rings (SSSR count). The highest BCUT2D eigenvalue weighted by molar-refractivity contribution is 9.10. The summed E-state index contributed by atoms with van der Waals surface area (Å²) in [5, 5.41) is 0. The zero-order chi connectivity index (χ0) is 13.2. The minimum atomic E-state index is 0.311. The molecule has 0 spiro atoms. The van der Waals surface area contributed by atoms with Crippen LogP contribution in [-0.4, -0.2) is 6.79 Å². The molecule has 2 aromatic rings. The highest BCUT2D eigenvalue weighted by Gasteiger charge is 2.13. The third-order valence-corrected chi connectivity index (χ3v) is 4.46. The van der Waals surface area contributed by atoms with Crippen molar-refractivity contribution in [1.82, 2.24) is 0 Å². The molecule has 2 N–H and O–H groups in total. The lowest BCUT2D eigenvalue weighted by Crippen LogP contribution is -1.92. The Morgan fingerprint density at radius 3 is 2.79 bits per heavy atom. The quantitative estimate of drug-likeness (QED) is 0.677. The molecule has 0 saturated heterocycles. The first-order valence-corrected chi connectivity index (χ1v) is 7.56. The van der Waals surface area contributed by atoms with E-state index in [2.05, 4.69) is 22.0 Å². The van der Waals surface area contributed by atoms with Crippen molar-refractivity contribution in [2.75, 3.05) is 12.5 Å². The summed E-state index contributed by atoms with van der Waals surface area (Å²) in [7, 11) is 0. The average Bonchev–Trinajstić information content (AvgIpc) is 2.85. The molecule has 2 aromatic carbocycles. The molecule has 0 unspecified atom stereocenters. The predicted molar refractivity (Wildman–Crippen MR) is 80.7 cm³/mol. The molecule has 1 heterocycles. The van der Waals surface area contributed by atoms with Crippen LogP contribution in [0, 0.1) is 0 Å². The highest BCUT2D eigenvalue weighted by Crippen LogP contribution is 2.35. The fourth-order valence-corrected chi connectivity index (χ4v) is 3.11. The van der Waals surface area contributed by atoms with Crippen molar-refractivity contribution < 1.29 is 9.47 Å². The van der Waals surface area contributed by atoms with Gasteiger partial charge in [0.1, 0.15) is 0 Å². The summed E-state index contributed by atoms with van der Waals surface area (Å²) in [4.78, 5) is 1.08. The number of hydrogen-bond acceptors (Lipinski definition) is 4. The number of nitrogens with two attached hydrogens (primary N) is 1. The molecule has 0 bridgehead atoms. The van der Waals surface area contributed by atoms with Gasteiger partial charge in [0, 0.05) is 20.8 Å². The van der Waals surface area contributed by atoms with Crippen LogP contribution in [0.5, 0.6) is 11.5 Å². The number of thioether (sulfide) groups is 1. The third-order valence-electron chi connectivity index (χ3n) is 2.80. The highest BCUT2D eigenvalue weighted by atomic mass is 79.9. The van der Waals surface area contributed by atoms with Crippen molar-refractivity contribution in [3.8, 4) is 11.5 Å². The van der Waals surface area contributed by atoms with Gasteiger partial charge in [-0.15, -0.1) is 11.8 Å². The van der Waals surface area contributed by atoms with Crippen LogP contribution in [0.1, 0.15) is 5.56 Å². The molecule has 98 valence electrons. The fourth-order valence-electron chi connectivity index (χ4n) is 1.84. The van der Waals surface area contributed by atoms with Crippen molar-refractivity contribution in [2.24, 2.45) is 0 Å². The van der Waals surface area contributed by atoms with Crippen LogP contribution < -0.4 is 15.2 Å². The summed E-state index contributed by atoms with van der Waals surface area (Å²) in [6.45, 7) is 0.311. The van der Waals surface area contributed by atoms with E-state index in [4.69, 9.17) is 15.2 Å². The number of hydrogen-bond donors (Lipinski definition) is 1. The molecular weight excluding hydrogens is 326 g/mol. The second-order valence-electron chi connectivity index (χ2n) is 4.16. The van der Waals surface area contributed by atoms with E-state index >= 15 is 0 Å². The Labute approximate surface area is 124 Å². The second kappa shape index (κ2) is 5.35. The number of benzene rings is 2. The van der Waals surface area contributed by atoms with Gasteiger partial charge in [0.05, 0.1) is 0 Å². The Kier molecular flexibility index (Phi) is 3.57. The number of halogens is 1. The van der Waals surface area contributed by atoms with Gasteiger partial charge in [-0.25, -0.2) is 0 Å². The van der Waals surface area contributed by atoms with Crippen LogP contribution in [0.3, 0.4) is 0 Å². The molecule has 0 saturated carbocycles. The molecule has 5 heteroatoms. The minimum Gasteiger partial charge on any atom is -0.454 e. The van der Waals surface area contributed by atoms with Gasteiger partial charge < -0.3 is 15.2 Å². The van der Waals surface area contributed by atoms with Gasteiger partial charge in [0.25, 0.3) is 0 Å². The summed E-state index contributed by atoms with van der Waals surface area (Å²) in [6.07, 6.45) is 0. The molecule has 1 aliphatic heterocycles. The first kappa shape index (κ1) is 12.7. The number of anilines is 1. The van der Waals surface area contributed by atoms with Gasteiger partial charge in [-0.05, 0) is 35.9 Å². The maximum absolute atomic E-state index is 5.98. The van der Waals surface area contributed by atoms with Crippen molar-refractivity contribution >= 4 is 33.4 Å². The molecule has 0 aromatic heterocycles. The number of ether oxygens (including phenoxy) is 2. The molecular formula is C14H12BrNO2S. The van der Waals surface area contributed by atoms with E-state index in [0.717, 1.165) is 32.3 Å². The normalized spacial score (nSPS) is 12.7. The van der Waals surface area contributed by atoms with Crippen molar-refractivity contribution in [3.05, 3.63) is 46.4 Å². The summed E-state index contributed by atoms with van der Waals surface area (Å²) in [5.74, 6) is 2.49. The second-order valence-corrected chi connectivity index (χ2v) is 6.09. The average molecular weight is 338 g/mol. The Bertz CT molecular complexity index is 618. The molecule has 19 heavy (non-hydrogen) atoms. The SMILES string of the molecule is Nc1cc(Br)ccc1SCc1ccc2c(c1)OCO2. The largest absolute Gasteiger partial charge is 0.454 e. The lowest BCUT2D eigenvalue weighted by Gasteiger charge is -2.06. The monoisotopic (exact) mass is 337 g/mol. The third kappa shape index (κ3) is 2.82. The number of rotatable bonds is 3. The van der Waals surface area contributed by atoms with Crippen molar-refractivity contribution in [2.45, 2.75) is 10.6 Å². The van der Waals surface area contributed by atoms with Crippen LogP contribution in [-0.2, 0) is 5.75 Å². The summed E-state index contributed by atoms with van der Waals surface area (Å²) in [6, 6.07) is 12.0. The van der Waals surface area contributed by atoms with Crippen molar-refractivity contribution in [1.29, 1.82) is 0 Å². The van der Waals surface area contributed by atoms with Gasteiger partial charge in [-0.3, -0.25) is 0 Å². The number of fused-ring (bicyclic) bond motifs is 1. The zero-order valence-electron chi connectivity index (χ0n) is 10.1. The van der Waals surface area contributed by atoms with Gasteiger partial charge in [0.15, 0.2) is 11.5 Å². The summed E-state index contributed by atoms with van der Waals surface area (Å²) in [5.41, 5.74) is 7.96. The lowest BCUT2D eigenvalue weighted by atomic mass is 10.2. The van der Waals surface area contributed by atoms with Crippen LogP contribution in [0.25, 0.3) is 0 Å². The standard InChI is InChI=1S/C14H12BrNO2S/c15-10-2-4-14(11(16)6-10)19-7-9-1-3-12-13(5-9)18-8-17-12/h1-6H,7-8,16H2. The van der Waals surface area contributed by atoms with E-state index in [9.17, 15) is 0 Å². The minimum absolute atomic E-state index is 0.311. The Hall–Kier alpha value is -1.33. The van der Waals surface area contributed by atoms with E-state index in [-0.39, 0.29) is 0 Å². The fraction of sp³-hybridized carbons (Fsp3) is 0.143. The van der Waals surface area contributed by atoms with Gasteiger partial charge in [-0.1, -0.05) is 22.0 Å². The van der Waals surface area contributed by atoms with Crippen LogP contribution in [0.15, 0.2) is 45.8 Å². The molecule has 0 radical (unpaired) electrons. The Morgan fingerprint density at radius 1 is 1.11 bits per heavy atom. The van der Waals surface area contributed by atoms with E-state index in [1.54, 1.807) is 11.8 Å². The lowest BCUT2D eigenvalue weighted by molar-refractivity contribution is 0.174. The summed E-state index contributed by atoms with van der Waals surface area (Å²) >= 11 is 5.12. The van der Waals surface area contributed by atoms with Gasteiger partial charge in [0.2, 0.25) is 6.79 Å². The molecule has 0 amide bonds. The first-order valence-electron chi connectivity index (χ1n) is 5.79. The first-order chi connectivity index (χ1) is 9.22. The van der Waals surface area contributed by atoms with Gasteiger partial charge in [-0.2, -0.15) is 0 Å². The maximum atomic E-state index is 5.98. The number of nitrogen functional groups attached to an aromatic ring is 1. The van der Waals surface area contributed by atoms with Crippen LogP contribution in [0.4, 0.5) is 5.69 Å². The summed E-state index contributed by atoms with van der Waals surface area (Å²) < 4.78 is 11.7. The molecule has 0 aliphatic carbocycles. The Morgan fingerprint density at radius 2 is 1.95 bits per heavy atom. The Balaban J connectivity index is 1.72. The zero-order valence-corrected chi connectivity index (χ0v) is 12.5. The van der Waals surface area contributed by atoms with E-state index in [1.807, 2.05) is 30.3 Å². The smallest absolute Gasteiger partial charge is 0.231 e. The topological polar surface area (TPSA) is 44.5 Å². The van der Waals surface area contributed by atoms with Crippen LogP contribution in [0.2, 0.25) is 0 Å².